The average Bonchev–Trinajstić information content (AvgIpc) is 2.92. The van der Waals surface area contributed by atoms with Crippen molar-refractivity contribution in [1.82, 2.24) is 9.97 Å². The van der Waals surface area contributed by atoms with Crippen LogP contribution in [0.1, 0.15) is 12.0 Å². The number of nitrogens with zero attached hydrogens (tertiary/aromatic N) is 1. The number of H-pyrrole nitrogens is 1. The van der Waals surface area contributed by atoms with Gasteiger partial charge in [-0.1, -0.05) is 47.4 Å². The minimum Gasteiger partial charge on any atom is -0.349 e. The number of aromatic amines is 1. The third-order valence-electron chi connectivity index (χ3n) is 3.29. The van der Waals surface area contributed by atoms with Crippen LogP contribution < -0.4 is 0 Å². The molecule has 0 fully saturated rings. The molecule has 8 heteroatoms. The summed E-state index contributed by atoms with van der Waals surface area (Å²) in [7, 11) is -1.97. The van der Waals surface area contributed by atoms with Crippen LogP contribution in [0, 0.1) is 17.8 Å². The molecule has 124 valence electrons. The molecule has 3 N–H and O–H groups in total. The van der Waals surface area contributed by atoms with Crippen molar-refractivity contribution in [2.24, 2.45) is 5.92 Å². The van der Waals surface area contributed by atoms with Crippen molar-refractivity contribution < 1.29 is 14.2 Å². The molecule has 1 atom stereocenters. The van der Waals surface area contributed by atoms with E-state index in [1.54, 1.807) is 18.2 Å². The summed E-state index contributed by atoms with van der Waals surface area (Å²) in [5.74, 6) is 5.67. The fourth-order valence-electron chi connectivity index (χ4n) is 2.20. The van der Waals surface area contributed by atoms with Gasteiger partial charge in [-0.15, -0.1) is 0 Å². The summed E-state index contributed by atoms with van der Waals surface area (Å²) in [5, 5.41) is 1.06. The summed E-state index contributed by atoms with van der Waals surface area (Å²) < 4.78 is 13.2. The fraction of sp³-hybridized carbons (Fsp3) is 0.188. The Bertz CT molecular complexity index is 885. The molecule has 0 saturated heterocycles. The summed E-state index contributed by atoms with van der Waals surface area (Å²) in [6.07, 6.45) is 5.24. The van der Waals surface area contributed by atoms with Crippen molar-refractivity contribution in [1.29, 1.82) is 0 Å². The minimum absolute atomic E-state index is 0.164. The Morgan fingerprint density at radius 1 is 1.46 bits per heavy atom. The van der Waals surface area contributed by atoms with Gasteiger partial charge >= 0.3 is 0 Å². The largest absolute Gasteiger partial charge is 0.349 e. The number of hydrogen-bond acceptors (Lipinski definition) is 4. The average molecular weight is 383 g/mol. The molecule has 0 bridgehead atoms. The topological polar surface area (TPSA) is 69.1 Å². The molecule has 1 aliphatic rings. The number of rotatable bonds is 3. The predicted molar refractivity (Wildman–Crippen MR) is 96.5 cm³/mol. The number of allylic oxidation sites excluding steroid dienone is 4. The van der Waals surface area contributed by atoms with Gasteiger partial charge in [0.15, 0.2) is 13.5 Å². The van der Waals surface area contributed by atoms with Gasteiger partial charge in [0.2, 0.25) is 0 Å². The quantitative estimate of drug-likeness (QED) is 0.419. The van der Waals surface area contributed by atoms with Crippen LogP contribution >= 0.6 is 31.7 Å². The SMILES string of the molecule is OP(O)CSc1nc2cc(Cl)c(C#CC3C=CC=C(F)C3)cc2[nH]1. The number of aromatic nitrogens is 2. The molecule has 3 rings (SSSR count). The lowest BCUT2D eigenvalue weighted by atomic mass is 10.0. The maximum Gasteiger partial charge on any atom is 0.176 e. The maximum absolute atomic E-state index is 13.2. The Morgan fingerprint density at radius 2 is 2.29 bits per heavy atom. The number of fused-ring (bicyclic) bond motifs is 1. The lowest BCUT2D eigenvalue weighted by Crippen LogP contribution is -1.96. The Balaban J connectivity index is 1.83. The fourth-order valence-corrected chi connectivity index (χ4v) is 3.70. The molecule has 4 nitrogen and oxygen atoms in total. The highest BCUT2D eigenvalue weighted by Crippen LogP contribution is 2.33. The van der Waals surface area contributed by atoms with Gasteiger partial charge < -0.3 is 14.8 Å². The molecule has 1 unspecified atom stereocenters. The van der Waals surface area contributed by atoms with E-state index in [0.717, 1.165) is 5.52 Å². The molecule has 0 saturated carbocycles. The molecular weight excluding hydrogens is 370 g/mol. The first-order valence-corrected chi connectivity index (χ1v) is 9.82. The Labute approximate surface area is 148 Å². The second-order valence-corrected chi connectivity index (χ2v) is 7.98. The second kappa shape index (κ2) is 7.69. The van der Waals surface area contributed by atoms with Crippen LogP contribution in [0.2, 0.25) is 5.02 Å². The van der Waals surface area contributed by atoms with E-state index in [1.807, 2.05) is 6.08 Å². The molecule has 1 aromatic carbocycles. The molecule has 1 aromatic heterocycles. The molecule has 0 amide bonds. The van der Waals surface area contributed by atoms with E-state index in [4.69, 9.17) is 21.4 Å². The number of thioether (sulfide) groups is 1. The number of hydrogen-bond donors (Lipinski definition) is 3. The van der Waals surface area contributed by atoms with Crippen molar-refractivity contribution in [2.75, 3.05) is 5.49 Å². The highest BCUT2D eigenvalue weighted by atomic mass is 35.5. The first-order chi connectivity index (χ1) is 11.5. The molecule has 1 heterocycles. The third-order valence-corrected chi connectivity index (χ3v) is 5.51. The van der Waals surface area contributed by atoms with Crippen molar-refractivity contribution in [3.63, 3.8) is 0 Å². The minimum atomic E-state index is -1.97. The first kappa shape index (κ1) is 17.5. The Morgan fingerprint density at radius 3 is 3.04 bits per heavy atom. The van der Waals surface area contributed by atoms with E-state index < -0.39 is 8.38 Å². The van der Waals surface area contributed by atoms with E-state index in [0.29, 0.717) is 21.3 Å². The van der Waals surface area contributed by atoms with Crippen molar-refractivity contribution in [3.8, 4) is 11.8 Å². The predicted octanol–water partition coefficient (Wildman–Crippen LogP) is 4.34. The van der Waals surface area contributed by atoms with E-state index in [2.05, 4.69) is 21.8 Å². The Kier molecular flexibility index (Phi) is 5.60. The van der Waals surface area contributed by atoms with Crippen molar-refractivity contribution in [3.05, 3.63) is 46.8 Å². The van der Waals surface area contributed by atoms with Gasteiger partial charge in [0, 0.05) is 17.9 Å². The second-order valence-electron chi connectivity index (χ2n) is 5.12. The maximum atomic E-state index is 13.2. The highest BCUT2D eigenvalue weighted by molar-refractivity contribution is 8.03. The number of benzene rings is 1. The summed E-state index contributed by atoms with van der Waals surface area (Å²) in [5.41, 5.74) is 2.26. The zero-order valence-electron chi connectivity index (χ0n) is 12.3. The van der Waals surface area contributed by atoms with E-state index in [-0.39, 0.29) is 23.7 Å². The molecule has 2 aromatic rings. The molecule has 0 aliphatic heterocycles. The van der Waals surface area contributed by atoms with Gasteiger partial charge in [0.05, 0.1) is 21.5 Å². The molecule has 1 aliphatic carbocycles. The normalized spacial score (nSPS) is 17.0. The van der Waals surface area contributed by atoms with Gasteiger partial charge in [-0.25, -0.2) is 9.37 Å². The van der Waals surface area contributed by atoms with Crippen molar-refractivity contribution >= 4 is 42.8 Å². The van der Waals surface area contributed by atoms with E-state index in [9.17, 15) is 4.39 Å². The molecule has 0 radical (unpaired) electrons. The number of halogens is 2. The summed E-state index contributed by atoms with van der Waals surface area (Å²) in [4.78, 5) is 25.4. The van der Waals surface area contributed by atoms with Gasteiger partial charge in [-0.05, 0) is 18.2 Å². The molecule has 0 spiro atoms. The summed E-state index contributed by atoms with van der Waals surface area (Å²) >= 11 is 7.47. The number of nitrogens with one attached hydrogen (secondary N) is 1. The number of imidazole rings is 1. The van der Waals surface area contributed by atoms with Crippen LogP contribution in [0.15, 0.2) is 41.3 Å². The zero-order chi connectivity index (χ0) is 17.1. The van der Waals surface area contributed by atoms with Gasteiger partial charge in [-0.2, -0.15) is 0 Å². The van der Waals surface area contributed by atoms with Gasteiger partial charge in [0.25, 0.3) is 0 Å². The lowest BCUT2D eigenvalue weighted by molar-refractivity contribution is 0.489. The van der Waals surface area contributed by atoms with Crippen LogP contribution in [0.3, 0.4) is 0 Å². The molecular formula is C16H13ClFN2O2PS. The van der Waals surface area contributed by atoms with Gasteiger partial charge in [0.1, 0.15) is 5.83 Å². The standard InChI is InChI=1S/C16H13ClFN2O2PS/c17-13-8-15-14(19-16(20-15)24-9-23(21)22)7-11(13)5-4-10-2-1-3-12(18)6-10/h1-3,7-8,10,21-22H,6,9H2,(H,19,20). The van der Waals surface area contributed by atoms with Crippen LogP contribution in [0.4, 0.5) is 4.39 Å². The van der Waals surface area contributed by atoms with E-state index >= 15 is 0 Å². The first-order valence-electron chi connectivity index (χ1n) is 7.03. The van der Waals surface area contributed by atoms with E-state index in [1.165, 1.54) is 17.8 Å². The lowest BCUT2D eigenvalue weighted by Gasteiger charge is -2.06. The monoisotopic (exact) mass is 382 g/mol. The highest BCUT2D eigenvalue weighted by Gasteiger charge is 2.10. The van der Waals surface area contributed by atoms with Crippen LogP contribution in [0.5, 0.6) is 0 Å². The third kappa shape index (κ3) is 4.38. The zero-order valence-corrected chi connectivity index (χ0v) is 14.8. The van der Waals surface area contributed by atoms with Crippen LogP contribution in [-0.2, 0) is 0 Å². The summed E-state index contributed by atoms with van der Waals surface area (Å²) in [6, 6.07) is 3.50. The Hall–Kier alpha value is -1.35. The van der Waals surface area contributed by atoms with Crippen LogP contribution in [-0.4, -0.2) is 25.2 Å². The van der Waals surface area contributed by atoms with Gasteiger partial charge in [-0.3, -0.25) is 0 Å². The molecule has 24 heavy (non-hydrogen) atoms. The van der Waals surface area contributed by atoms with Crippen LogP contribution in [0.25, 0.3) is 11.0 Å². The van der Waals surface area contributed by atoms with Crippen molar-refractivity contribution in [2.45, 2.75) is 11.6 Å². The smallest absolute Gasteiger partial charge is 0.176 e. The summed E-state index contributed by atoms with van der Waals surface area (Å²) in [6.45, 7) is 0.